The number of hydrogen-bond donors (Lipinski definition) is 0. The van der Waals surface area contributed by atoms with Crippen LogP contribution >= 0.6 is 0 Å². The molecule has 1 aromatic rings. The monoisotopic (exact) mass is 648 g/mol. The van der Waals surface area contributed by atoms with Crippen molar-refractivity contribution in [2.45, 2.75) is 101 Å². The number of carbonyl (C=O) groups excluding carboxylic acids is 1. The largest absolute Gasteiger partial charge is 0.441 e. The molecule has 1 aliphatic carbocycles. The molecule has 0 unspecified atom stereocenters. The van der Waals surface area contributed by atoms with E-state index in [1.54, 1.807) is 23.5 Å². The highest BCUT2D eigenvalue weighted by molar-refractivity contribution is 7.89. The number of carbonyl (C=O) groups is 1. The minimum Gasteiger partial charge on any atom is -0.441 e. The summed E-state index contributed by atoms with van der Waals surface area (Å²) in [6.45, 7) is 18.5. The van der Waals surface area contributed by atoms with Gasteiger partial charge in [-0.1, -0.05) is 44.5 Å². The summed E-state index contributed by atoms with van der Waals surface area (Å²) in [5.41, 5.74) is -0.435. The molecule has 0 N–H and O–H groups in total. The van der Waals surface area contributed by atoms with Crippen molar-refractivity contribution in [1.29, 1.82) is 0 Å². The molecule has 11 heteroatoms. The number of unbranched alkanes of at least 4 members (excludes halogenated alkanes) is 1. The third-order valence-corrected chi connectivity index (χ3v) is 17.7. The fraction of sp³-hybridized carbons (Fsp3) is 0.727. The summed E-state index contributed by atoms with van der Waals surface area (Å²) in [7, 11) is -4.55. The van der Waals surface area contributed by atoms with Crippen molar-refractivity contribution in [1.82, 2.24) is 9.21 Å². The normalized spacial score (nSPS) is 32.1. The van der Waals surface area contributed by atoms with Gasteiger partial charge in [-0.15, -0.1) is 6.58 Å². The molecule has 0 aromatic heterocycles. The fourth-order valence-corrected chi connectivity index (χ4v) is 11.2. The Kier molecular flexibility index (Phi) is 9.25. The minimum absolute atomic E-state index is 0.0309. The number of benzene rings is 1. The van der Waals surface area contributed by atoms with E-state index in [0.717, 1.165) is 31.2 Å². The van der Waals surface area contributed by atoms with Gasteiger partial charge in [-0.25, -0.2) is 13.2 Å². The average molecular weight is 649 g/mol. The first kappa shape index (κ1) is 33.6. The van der Waals surface area contributed by atoms with Crippen LogP contribution in [0.3, 0.4) is 0 Å². The number of ether oxygens (including phenoxy) is 3. The predicted octanol–water partition coefficient (Wildman–Crippen LogP) is 5.95. The number of aryl methyl sites for hydroxylation is 1. The van der Waals surface area contributed by atoms with Crippen LogP contribution in [0.15, 0.2) is 41.8 Å². The highest BCUT2D eigenvalue weighted by Crippen LogP contribution is 2.65. The van der Waals surface area contributed by atoms with Gasteiger partial charge in [-0.05, 0) is 81.1 Å². The van der Waals surface area contributed by atoms with Crippen molar-refractivity contribution in [3.05, 3.63) is 42.5 Å². The maximum atomic E-state index is 14.7. The van der Waals surface area contributed by atoms with Crippen molar-refractivity contribution >= 4 is 24.4 Å². The van der Waals surface area contributed by atoms with Crippen LogP contribution in [0.2, 0.25) is 18.1 Å². The van der Waals surface area contributed by atoms with Crippen LogP contribution in [0.1, 0.15) is 58.4 Å². The van der Waals surface area contributed by atoms with Gasteiger partial charge >= 0.3 is 6.09 Å². The molecule has 3 heterocycles. The minimum atomic E-state index is -3.94. The third-order valence-electron chi connectivity index (χ3n) is 11.4. The Morgan fingerprint density at radius 2 is 1.91 bits per heavy atom. The maximum Gasteiger partial charge on any atom is 0.410 e. The molecule has 44 heavy (non-hydrogen) atoms. The lowest BCUT2D eigenvalue weighted by atomic mass is 9.51. The number of piperidine rings is 1. The average Bonchev–Trinajstić information content (AvgIpc) is 3.35. The van der Waals surface area contributed by atoms with Crippen LogP contribution in [-0.2, 0) is 28.7 Å². The summed E-state index contributed by atoms with van der Waals surface area (Å²) < 4.78 is 55.7. The molecular weight excluding hydrogens is 597 g/mol. The number of amides is 1. The van der Waals surface area contributed by atoms with Crippen molar-refractivity contribution in [3.63, 3.8) is 0 Å². The summed E-state index contributed by atoms with van der Waals surface area (Å²) in [6, 6.07) is 6.52. The first-order chi connectivity index (χ1) is 20.7. The SMILES string of the molecule is C=CCCC[C@@]1(COCOC)C[C@H]2CN3C(=O)O[C@H](CO[Si](C)(C)C(C)(C)C)[C@@]34[C@@H]2CCN(S(=O)(=O)c2ccc(C)cc2)[C@@H]14. The molecule has 3 aliphatic heterocycles. The van der Waals surface area contributed by atoms with E-state index in [0.29, 0.717) is 26.1 Å². The topological polar surface area (TPSA) is 94.6 Å². The summed E-state index contributed by atoms with van der Waals surface area (Å²) in [5.74, 6) is 0.319. The third kappa shape index (κ3) is 5.39. The second-order valence-electron chi connectivity index (χ2n) is 14.9. The number of rotatable bonds is 13. The standard InChI is InChI=1S/C33H52N2O7SSi/c1-9-10-11-17-32(22-40-23-39-6)19-25-20-34-30(36)42-28(21-41-44(7,8)31(3,4)5)33(34)27(25)16-18-35(29(32)33)43(37,38)26-14-12-24(2)13-15-26/h9,12-15,25,27-29H,1,10-11,16-23H2,2-8H3/t25-,27+,28+,29-,32-,33+/m0/s1. The lowest BCUT2D eigenvalue weighted by molar-refractivity contribution is -0.158. The summed E-state index contributed by atoms with van der Waals surface area (Å²) in [6.07, 6.45) is 4.76. The highest BCUT2D eigenvalue weighted by atomic mass is 32.2. The zero-order chi connectivity index (χ0) is 32.1. The first-order valence-corrected chi connectivity index (χ1v) is 20.4. The molecule has 246 valence electrons. The quantitative estimate of drug-likeness (QED) is 0.113. The highest BCUT2D eigenvalue weighted by Gasteiger charge is 2.78. The van der Waals surface area contributed by atoms with Crippen LogP contribution in [-0.4, -0.2) is 89.9 Å². The smallest absolute Gasteiger partial charge is 0.410 e. The van der Waals surface area contributed by atoms with Crippen molar-refractivity contribution < 1.29 is 31.8 Å². The Balaban J connectivity index is 1.68. The first-order valence-electron chi connectivity index (χ1n) is 16.0. The molecule has 1 spiro atoms. The van der Waals surface area contributed by atoms with E-state index in [9.17, 15) is 13.2 Å². The second-order valence-corrected chi connectivity index (χ2v) is 21.6. The van der Waals surface area contributed by atoms with Crippen LogP contribution in [0.4, 0.5) is 4.79 Å². The van der Waals surface area contributed by atoms with E-state index >= 15 is 0 Å². The van der Waals surface area contributed by atoms with Gasteiger partial charge in [0.05, 0.1) is 24.2 Å². The van der Waals surface area contributed by atoms with E-state index in [1.165, 1.54) is 0 Å². The molecule has 1 amide bonds. The van der Waals surface area contributed by atoms with Crippen LogP contribution in [0.25, 0.3) is 0 Å². The van der Waals surface area contributed by atoms with E-state index in [4.69, 9.17) is 18.6 Å². The Bertz CT molecular complexity index is 1330. The molecule has 3 saturated heterocycles. The van der Waals surface area contributed by atoms with Crippen molar-refractivity contribution in [2.24, 2.45) is 17.3 Å². The van der Waals surface area contributed by atoms with Crippen molar-refractivity contribution in [3.8, 4) is 0 Å². The van der Waals surface area contributed by atoms with E-state index < -0.39 is 41.4 Å². The van der Waals surface area contributed by atoms with Gasteiger partial charge in [-0.2, -0.15) is 4.31 Å². The molecule has 1 saturated carbocycles. The van der Waals surface area contributed by atoms with Gasteiger partial charge < -0.3 is 18.6 Å². The Morgan fingerprint density at radius 3 is 2.55 bits per heavy atom. The Morgan fingerprint density at radius 1 is 1.20 bits per heavy atom. The second kappa shape index (κ2) is 12.1. The number of sulfonamides is 1. The zero-order valence-corrected chi connectivity index (χ0v) is 29.5. The molecule has 4 bridgehead atoms. The van der Waals surface area contributed by atoms with Gasteiger partial charge in [0, 0.05) is 25.6 Å². The Hall–Kier alpha value is -1.76. The molecule has 4 fully saturated rings. The van der Waals surface area contributed by atoms with Crippen LogP contribution in [0, 0.1) is 24.2 Å². The maximum absolute atomic E-state index is 14.7. The molecule has 1 aromatic carbocycles. The van der Waals surface area contributed by atoms with Gasteiger partial charge in [0.2, 0.25) is 10.0 Å². The van der Waals surface area contributed by atoms with Gasteiger partial charge in [0.15, 0.2) is 14.4 Å². The van der Waals surface area contributed by atoms with Gasteiger partial charge in [0.25, 0.3) is 0 Å². The van der Waals surface area contributed by atoms with E-state index in [1.807, 2.05) is 30.0 Å². The summed E-state index contributed by atoms with van der Waals surface area (Å²) in [4.78, 5) is 15.9. The molecular formula is C33H52N2O7SSi. The van der Waals surface area contributed by atoms with Crippen LogP contribution in [0.5, 0.6) is 0 Å². The number of cyclic esters (lactones) is 1. The molecule has 0 radical (unpaired) electrons. The molecule has 5 rings (SSSR count). The molecule has 4 aliphatic rings. The summed E-state index contributed by atoms with van der Waals surface area (Å²) >= 11 is 0. The van der Waals surface area contributed by atoms with Gasteiger partial charge in [-0.3, -0.25) is 4.90 Å². The predicted molar refractivity (Wildman–Crippen MR) is 172 cm³/mol. The summed E-state index contributed by atoms with van der Waals surface area (Å²) in [5, 5.41) is -0.0309. The van der Waals surface area contributed by atoms with Crippen molar-refractivity contribution in [2.75, 3.05) is 40.2 Å². The lowest BCUT2D eigenvalue weighted by Gasteiger charge is -2.62. The number of allylic oxidation sites excluding steroid dienone is 1. The fourth-order valence-electron chi connectivity index (χ4n) is 8.43. The number of hydrogen-bond acceptors (Lipinski definition) is 7. The van der Waals surface area contributed by atoms with E-state index in [2.05, 4.69) is 40.4 Å². The number of methoxy groups -OCH3 is 1. The van der Waals surface area contributed by atoms with Gasteiger partial charge in [0.1, 0.15) is 12.3 Å². The van der Waals surface area contributed by atoms with Crippen LogP contribution < -0.4 is 0 Å². The molecule has 9 nitrogen and oxygen atoms in total. The Labute approximate surface area is 265 Å². The molecule has 6 atom stereocenters. The van der Waals surface area contributed by atoms with E-state index in [-0.39, 0.29) is 41.3 Å². The lowest BCUT2D eigenvalue weighted by Crippen LogP contribution is -2.77. The zero-order valence-electron chi connectivity index (χ0n) is 27.6. The number of nitrogens with zero attached hydrogens (tertiary/aromatic N) is 2.